The molecule has 0 amide bonds. The predicted molar refractivity (Wildman–Crippen MR) is 93.5 cm³/mol. The smallest absolute Gasteiger partial charge is 0.344 e. The lowest BCUT2D eigenvalue weighted by Gasteiger charge is -2.45. The van der Waals surface area contributed by atoms with Gasteiger partial charge in [0.05, 0.1) is 4.90 Å². The molecule has 0 radical (unpaired) electrons. The summed E-state index contributed by atoms with van der Waals surface area (Å²) >= 11 is 0. The van der Waals surface area contributed by atoms with Gasteiger partial charge in [-0.25, -0.2) is 9.59 Å². The molecule has 0 unspecified atom stereocenters. The van der Waals surface area contributed by atoms with Crippen LogP contribution in [0, 0.1) is 6.92 Å². The third kappa shape index (κ3) is 3.50. The molecule has 8 nitrogen and oxygen atoms in total. The quantitative estimate of drug-likeness (QED) is 0.434. The summed E-state index contributed by atoms with van der Waals surface area (Å²) in [7, 11) is -4.27. The van der Waals surface area contributed by atoms with Gasteiger partial charge < -0.3 is 9.47 Å². The fourth-order valence-corrected chi connectivity index (χ4v) is 3.87. The molecule has 146 valence electrons. The number of ether oxygens (including phenoxy) is 2. The van der Waals surface area contributed by atoms with Crippen molar-refractivity contribution in [3.63, 3.8) is 0 Å². The summed E-state index contributed by atoms with van der Waals surface area (Å²) in [6.07, 6.45) is 1.55. The largest absolute Gasteiger partial charge is 0.421 e. The Balaban J connectivity index is 1.99. The molecular weight excluding hydrogens is 374 g/mol. The summed E-state index contributed by atoms with van der Waals surface area (Å²) in [6, 6.07) is 6.03. The monoisotopic (exact) mass is 395 g/mol. The van der Waals surface area contributed by atoms with E-state index in [0.717, 1.165) is 16.2 Å². The fourth-order valence-electron chi connectivity index (χ4n) is 2.90. The molecule has 3 rings (SSSR count). The Morgan fingerprint density at radius 3 is 2.15 bits per heavy atom. The summed E-state index contributed by atoms with van der Waals surface area (Å²) in [5.74, 6) is -3.25. The van der Waals surface area contributed by atoms with Crippen LogP contribution in [0.2, 0.25) is 0 Å². The molecule has 0 N–H and O–H groups in total. The number of carbonyl (C=O) groups excluding carboxylic acids is 2. The van der Waals surface area contributed by atoms with Crippen LogP contribution in [-0.2, 0) is 33.5 Å². The summed E-state index contributed by atoms with van der Waals surface area (Å²) in [5.41, 5.74) is -0.388. The summed E-state index contributed by atoms with van der Waals surface area (Å²) in [6.45, 7) is 6.34. The molecule has 1 aromatic rings. The van der Waals surface area contributed by atoms with Crippen molar-refractivity contribution >= 4 is 22.1 Å². The molecule has 1 aromatic carbocycles. The van der Waals surface area contributed by atoms with E-state index in [4.69, 9.17) is 13.8 Å². The number of cyclic esters (lactones) is 2. The fraction of sp³-hybridized carbons (Fsp3) is 0.444. The van der Waals surface area contributed by atoms with E-state index < -0.39 is 33.4 Å². The second-order valence-corrected chi connectivity index (χ2v) is 8.70. The van der Waals surface area contributed by atoms with Gasteiger partial charge in [0.25, 0.3) is 5.79 Å². The molecule has 0 atom stereocenters. The van der Waals surface area contributed by atoms with Crippen molar-refractivity contribution in [3.05, 3.63) is 41.5 Å². The maximum absolute atomic E-state index is 12.7. The number of hydroxylamine groups is 2. The number of nitrogens with zero attached hydrogens (tertiary/aromatic N) is 1. The van der Waals surface area contributed by atoms with Gasteiger partial charge in [0.2, 0.25) is 5.54 Å². The number of hydrogen-bond acceptors (Lipinski definition) is 8. The molecule has 2 aliphatic heterocycles. The molecule has 0 aromatic heterocycles. The minimum Gasteiger partial charge on any atom is -0.421 e. The normalized spacial score (nSPS) is 22.1. The summed E-state index contributed by atoms with van der Waals surface area (Å²) in [5, 5.41) is 0.845. The molecule has 1 saturated heterocycles. The molecular formula is C18H21NO7S. The number of aryl methyl sites for hydroxylation is 1. The third-order valence-electron chi connectivity index (χ3n) is 4.41. The second kappa shape index (κ2) is 6.43. The summed E-state index contributed by atoms with van der Waals surface area (Å²) in [4.78, 5) is 25.3. The molecule has 0 saturated carbocycles. The van der Waals surface area contributed by atoms with Crippen LogP contribution in [0.5, 0.6) is 0 Å². The lowest BCUT2D eigenvalue weighted by molar-refractivity contribution is -0.269. The van der Waals surface area contributed by atoms with Gasteiger partial charge in [0.15, 0.2) is 0 Å². The van der Waals surface area contributed by atoms with Gasteiger partial charge in [-0.15, -0.1) is 5.06 Å². The van der Waals surface area contributed by atoms with Crippen LogP contribution in [0.3, 0.4) is 0 Å². The van der Waals surface area contributed by atoms with E-state index in [1.807, 2.05) is 6.92 Å². The van der Waals surface area contributed by atoms with Crippen molar-refractivity contribution in [2.75, 3.05) is 6.54 Å². The first-order valence-corrected chi connectivity index (χ1v) is 9.78. The van der Waals surface area contributed by atoms with Crippen molar-refractivity contribution in [1.29, 1.82) is 0 Å². The van der Waals surface area contributed by atoms with Gasteiger partial charge in [0, 0.05) is 26.8 Å². The average Bonchev–Trinajstić information content (AvgIpc) is 2.53. The zero-order valence-electron chi connectivity index (χ0n) is 15.5. The van der Waals surface area contributed by atoms with Gasteiger partial charge >= 0.3 is 22.1 Å². The Morgan fingerprint density at radius 1 is 1.04 bits per heavy atom. The van der Waals surface area contributed by atoms with Crippen LogP contribution in [0.1, 0.15) is 32.8 Å². The van der Waals surface area contributed by atoms with E-state index in [1.54, 1.807) is 25.1 Å². The van der Waals surface area contributed by atoms with Crippen LogP contribution >= 0.6 is 0 Å². The van der Waals surface area contributed by atoms with Crippen LogP contribution < -0.4 is 0 Å². The topological polar surface area (TPSA) is 99.2 Å². The van der Waals surface area contributed by atoms with Gasteiger partial charge in [0.1, 0.15) is 0 Å². The Kier molecular flexibility index (Phi) is 4.65. The predicted octanol–water partition coefficient (Wildman–Crippen LogP) is 1.84. The number of rotatable bonds is 3. The van der Waals surface area contributed by atoms with E-state index in [-0.39, 0.29) is 17.9 Å². The van der Waals surface area contributed by atoms with Crippen LogP contribution in [-0.4, -0.2) is 43.3 Å². The average molecular weight is 395 g/mol. The van der Waals surface area contributed by atoms with E-state index in [2.05, 4.69) is 0 Å². The highest BCUT2D eigenvalue weighted by Gasteiger charge is 2.62. The zero-order chi connectivity index (χ0) is 20.0. The Morgan fingerprint density at radius 2 is 1.59 bits per heavy atom. The highest BCUT2D eigenvalue weighted by molar-refractivity contribution is 7.86. The molecule has 2 aliphatic rings. The molecule has 9 heteroatoms. The molecule has 2 heterocycles. The first-order chi connectivity index (χ1) is 12.5. The van der Waals surface area contributed by atoms with Crippen molar-refractivity contribution < 1.29 is 31.8 Å². The number of benzene rings is 1. The van der Waals surface area contributed by atoms with Crippen LogP contribution in [0.25, 0.3) is 0 Å². The first-order valence-electron chi connectivity index (χ1n) is 8.38. The molecule has 27 heavy (non-hydrogen) atoms. The minimum atomic E-state index is -4.27. The third-order valence-corrected chi connectivity index (χ3v) is 5.64. The van der Waals surface area contributed by atoms with Crippen molar-refractivity contribution in [2.24, 2.45) is 0 Å². The highest BCUT2D eigenvalue weighted by atomic mass is 32.2. The Bertz CT molecular complexity index is 896. The van der Waals surface area contributed by atoms with Gasteiger partial charge in [-0.1, -0.05) is 29.3 Å². The number of carbonyl (C=O) groups is 2. The minimum absolute atomic E-state index is 0.0737. The van der Waals surface area contributed by atoms with Crippen LogP contribution in [0.15, 0.2) is 40.8 Å². The van der Waals surface area contributed by atoms with E-state index >= 15 is 0 Å². The van der Waals surface area contributed by atoms with Crippen molar-refractivity contribution in [1.82, 2.24) is 5.06 Å². The SMILES string of the molecule is CC1=CCC2(C(=O)OC(C)(C)OC2=O)N(OS(=O)(=O)c2ccc(C)cc2)C1. The Labute approximate surface area is 157 Å². The highest BCUT2D eigenvalue weighted by Crippen LogP contribution is 2.37. The van der Waals surface area contributed by atoms with Gasteiger partial charge in [-0.05, 0) is 26.0 Å². The number of hydrogen-bond donors (Lipinski definition) is 0. The van der Waals surface area contributed by atoms with Crippen molar-refractivity contribution in [3.8, 4) is 0 Å². The standard InChI is InChI=1S/C18H21NO7S/c1-12-5-7-14(8-6-12)27(22,23)26-19-11-13(2)9-10-18(19)15(20)24-17(3,4)25-16(18)21/h5-9H,10-11H2,1-4H3. The van der Waals surface area contributed by atoms with Crippen molar-refractivity contribution in [2.45, 2.75) is 50.3 Å². The molecule has 1 spiro atoms. The number of esters is 2. The van der Waals surface area contributed by atoms with Gasteiger partial charge in [-0.2, -0.15) is 12.7 Å². The maximum atomic E-state index is 12.7. The van der Waals surface area contributed by atoms with E-state index in [1.165, 1.54) is 26.0 Å². The molecule has 0 bridgehead atoms. The zero-order valence-corrected chi connectivity index (χ0v) is 16.3. The first kappa shape index (κ1) is 19.5. The lowest BCUT2D eigenvalue weighted by Crippen LogP contribution is -2.68. The van der Waals surface area contributed by atoms with Crippen LogP contribution in [0.4, 0.5) is 0 Å². The van der Waals surface area contributed by atoms with E-state index in [0.29, 0.717) is 0 Å². The lowest BCUT2D eigenvalue weighted by atomic mass is 9.89. The maximum Gasteiger partial charge on any atom is 0.344 e. The second-order valence-electron chi connectivity index (χ2n) is 7.17. The molecule has 1 fully saturated rings. The van der Waals surface area contributed by atoms with Gasteiger partial charge in [-0.3, -0.25) is 0 Å². The molecule has 0 aliphatic carbocycles. The summed E-state index contributed by atoms with van der Waals surface area (Å²) < 4.78 is 41.1. The van der Waals surface area contributed by atoms with E-state index in [9.17, 15) is 18.0 Å². The Hall–Kier alpha value is -2.23.